The van der Waals surface area contributed by atoms with E-state index in [0.717, 1.165) is 13.1 Å². The molecule has 5 atom stereocenters. The maximum absolute atomic E-state index is 10.4. The number of hydrogen-bond acceptors (Lipinski definition) is 6. The van der Waals surface area contributed by atoms with Crippen LogP contribution in [0, 0.1) is 0 Å². The molecular formula is C13H25NO5Si. The normalized spacial score (nSPS) is 48.5. The van der Waals surface area contributed by atoms with Crippen molar-refractivity contribution in [3.8, 4) is 0 Å². The van der Waals surface area contributed by atoms with E-state index in [-0.39, 0.29) is 19.3 Å². The summed E-state index contributed by atoms with van der Waals surface area (Å²) in [4.78, 5) is 2.18. The first-order valence-electron chi connectivity index (χ1n) is 7.39. The van der Waals surface area contributed by atoms with Crippen LogP contribution in [0.15, 0.2) is 0 Å². The van der Waals surface area contributed by atoms with Crippen LogP contribution in [-0.2, 0) is 9.47 Å². The molecule has 0 aromatic rings. The largest absolute Gasteiger partial charge is 0.393 e. The van der Waals surface area contributed by atoms with E-state index in [1.54, 1.807) is 0 Å². The first kappa shape index (κ1) is 14.9. The van der Waals surface area contributed by atoms with Crippen LogP contribution < -0.4 is 0 Å². The van der Waals surface area contributed by atoms with E-state index in [9.17, 15) is 15.3 Å². The van der Waals surface area contributed by atoms with Crippen molar-refractivity contribution in [2.75, 3.05) is 26.3 Å². The minimum atomic E-state index is -1.15. The topological polar surface area (TPSA) is 82.4 Å². The summed E-state index contributed by atoms with van der Waals surface area (Å²) in [5.41, 5.74) is -1.15. The maximum Gasteiger partial charge on any atom is 0.176 e. The molecule has 3 aliphatic heterocycles. The van der Waals surface area contributed by atoms with Crippen molar-refractivity contribution in [3.63, 3.8) is 0 Å². The van der Waals surface area contributed by atoms with Gasteiger partial charge in [0.1, 0.15) is 17.8 Å². The van der Waals surface area contributed by atoms with Crippen molar-refractivity contribution in [2.24, 2.45) is 0 Å². The Labute approximate surface area is 120 Å². The molecule has 0 spiro atoms. The number of rotatable bonds is 2. The summed E-state index contributed by atoms with van der Waals surface area (Å²) in [6.07, 6.45) is -2.60. The van der Waals surface area contributed by atoms with Gasteiger partial charge in [-0.1, -0.05) is 13.1 Å². The summed E-state index contributed by atoms with van der Waals surface area (Å²) in [6.45, 7) is 6.41. The van der Waals surface area contributed by atoms with Gasteiger partial charge < -0.3 is 24.8 Å². The van der Waals surface area contributed by atoms with E-state index in [0.29, 0.717) is 0 Å². The molecule has 6 nitrogen and oxygen atoms in total. The Kier molecular flexibility index (Phi) is 3.73. The van der Waals surface area contributed by atoms with Crippen molar-refractivity contribution >= 4 is 8.07 Å². The molecule has 3 fully saturated rings. The van der Waals surface area contributed by atoms with E-state index in [2.05, 4.69) is 18.0 Å². The van der Waals surface area contributed by atoms with Crippen LogP contribution in [0.5, 0.6) is 0 Å². The molecule has 20 heavy (non-hydrogen) atoms. The minimum Gasteiger partial charge on any atom is -0.393 e. The van der Waals surface area contributed by atoms with Crippen molar-refractivity contribution in [2.45, 2.75) is 55.3 Å². The lowest BCUT2D eigenvalue weighted by molar-refractivity contribution is -0.251. The van der Waals surface area contributed by atoms with Crippen LogP contribution in [0.25, 0.3) is 0 Å². The van der Waals surface area contributed by atoms with Gasteiger partial charge in [0.2, 0.25) is 0 Å². The summed E-state index contributed by atoms with van der Waals surface area (Å²) in [5.74, 6) is 0. The number of aliphatic hydroxyl groups is 3. The molecule has 3 saturated heterocycles. The fourth-order valence-corrected chi connectivity index (χ4v) is 5.53. The maximum atomic E-state index is 10.4. The van der Waals surface area contributed by atoms with Gasteiger partial charge in [0.15, 0.2) is 6.29 Å². The van der Waals surface area contributed by atoms with Gasteiger partial charge in [-0.15, -0.1) is 0 Å². The molecule has 3 aliphatic rings. The zero-order valence-electron chi connectivity index (χ0n) is 12.2. The van der Waals surface area contributed by atoms with Crippen molar-refractivity contribution in [1.29, 1.82) is 0 Å². The third kappa shape index (κ3) is 2.25. The van der Waals surface area contributed by atoms with E-state index in [1.807, 2.05) is 0 Å². The van der Waals surface area contributed by atoms with Crippen molar-refractivity contribution < 1.29 is 24.8 Å². The molecule has 0 saturated carbocycles. The summed E-state index contributed by atoms with van der Waals surface area (Å²) in [6, 6.07) is 2.03. The van der Waals surface area contributed by atoms with Crippen LogP contribution in [-0.4, -0.2) is 84.7 Å². The Morgan fingerprint density at radius 2 is 1.90 bits per heavy atom. The zero-order chi connectivity index (χ0) is 14.5. The van der Waals surface area contributed by atoms with Crippen LogP contribution in [0.2, 0.25) is 25.2 Å². The zero-order valence-corrected chi connectivity index (χ0v) is 13.2. The molecule has 0 aromatic heterocycles. The number of hydrogen-bond donors (Lipinski definition) is 3. The van der Waals surface area contributed by atoms with Crippen LogP contribution in [0.3, 0.4) is 0 Å². The summed E-state index contributed by atoms with van der Waals surface area (Å²) < 4.78 is 11.3. The predicted molar refractivity (Wildman–Crippen MR) is 75.1 cm³/mol. The SMILES string of the molecule is C[Si]1(C)CCN([C@H]2[C@H]3OC[C@](CO)(O3)[C@H](O)[C@@H]2O)CC1. The highest BCUT2D eigenvalue weighted by atomic mass is 28.3. The molecular weight excluding hydrogens is 278 g/mol. The van der Waals surface area contributed by atoms with Crippen LogP contribution >= 0.6 is 0 Å². The van der Waals surface area contributed by atoms with Crippen molar-refractivity contribution in [1.82, 2.24) is 4.90 Å². The molecule has 0 radical (unpaired) electrons. The Balaban J connectivity index is 1.75. The van der Waals surface area contributed by atoms with Gasteiger partial charge in [0.25, 0.3) is 0 Å². The molecule has 0 aliphatic carbocycles. The van der Waals surface area contributed by atoms with E-state index in [4.69, 9.17) is 9.47 Å². The highest BCUT2D eigenvalue weighted by Crippen LogP contribution is 2.39. The van der Waals surface area contributed by atoms with E-state index in [1.165, 1.54) is 12.1 Å². The van der Waals surface area contributed by atoms with Gasteiger partial charge in [0, 0.05) is 8.07 Å². The van der Waals surface area contributed by atoms with Gasteiger partial charge in [-0.2, -0.15) is 0 Å². The lowest BCUT2D eigenvalue weighted by atomic mass is 9.88. The average Bonchev–Trinajstić information content (AvgIpc) is 2.81. The minimum absolute atomic E-state index is 0.136. The Hall–Kier alpha value is -0.0231. The van der Waals surface area contributed by atoms with E-state index >= 15 is 0 Å². The Morgan fingerprint density at radius 3 is 2.50 bits per heavy atom. The lowest BCUT2D eigenvalue weighted by Crippen LogP contribution is -2.67. The molecule has 7 heteroatoms. The van der Waals surface area contributed by atoms with Gasteiger partial charge in [-0.05, 0) is 25.2 Å². The third-order valence-electron chi connectivity index (χ3n) is 5.17. The fraction of sp³-hybridized carbons (Fsp3) is 1.00. The summed E-state index contributed by atoms with van der Waals surface area (Å²) >= 11 is 0. The smallest absolute Gasteiger partial charge is 0.176 e. The van der Waals surface area contributed by atoms with Gasteiger partial charge in [-0.25, -0.2) is 0 Å². The van der Waals surface area contributed by atoms with E-state index < -0.39 is 32.2 Å². The molecule has 3 rings (SSSR count). The number of fused-ring (bicyclic) bond motifs is 2. The highest BCUT2D eigenvalue weighted by molar-refractivity contribution is 6.77. The lowest BCUT2D eigenvalue weighted by Gasteiger charge is -2.48. The first-order chi connectivity index (χ1) is 9.38. The van der Waals surface area contributed by atoms with Crippen LogP contribution in [0.4, 0.5) is 0 Å². The van der Waals surface area contributed by atoms with Gasteiger partial charge in [0.05, 0.1) is 19.3 Å². The fourth-order valence-electron chi connectivity index (χ4n) is 3.50. The van der Waals surface area contributed by atoms with Crippen molar-refractivity contribution in [3.05, 3.63) is 0 Å². The number of nitrogens with zero attached hydrogens (tertiary/aromatic N) is 1. The number of aliphatic hydroxyl groups excluding tert-OH is 3. The molecule has 3 heterocycles. The molecule has 3 N–H and O–H groups in total. The Bertz CT molecular complexity index is 372. The average molecular weight is 303 g/mol. The second-order valence-electron chi connectivity index (χ2n) is 7.15. The monoisotopic (exact) mass is 303 g/mol. The quantitative estimate of drug-likeness (QED) is 0.581. The number of ether oxygens (including phenoxy) is 2. The third-order valence-corrected chi connectivity index (χ3v) is 8.33. The molecule has 0 aromatic carbocycles. The Morgan fingerprint density at radius 1 is 1.25 bits per heavy atom. The molecule has 0 unspecified atom stereocenters. The summed E-state index contributed by atoms with van der Waals surface area (Å²) in [7, 11) is -1.09. The van der Waals surface area contributed by atoms with Gasteiger partial charge in [-0.3, -0.25) is 4.90 Å². The molecule has 0 amide bonds. The second kappa shape index (κ2) is 5.01. The second-order valence-corrected chi connectivity index (χ2v) is 12.5. The van der Waals surface area contributed by atoms with Crippen LogP contribution in [0.1, 0.15) is 0 Å². The summed E-state index contributed by atoms with van der Waals surface area (Å²) in [5, 5.41) is 30.2. The predicted octanol–water partition coefficient (Wildman–Crippen LogP) is -0.782. The standard InChI is InChI=1S/C13H25NO5Si/c1-20(2)5-3-14(4-6-20)9-10(16)11(17)13(7-15)8-18-12(9)19-13/h9-12,15-17H,3-8H2,1-2H3/t9-,10-,11-,12+,13+/m1/s1. The highest BCUT2D eigenvalue weighted by Gasteiger charge is 2.60. The van der Waals surface area contributed by atoms with Gasteiger partial charge >= 0.3 is 0 Å². The first-order valence-corrected chi connectivity index (χ1v) is 10.8. The molecule has 116 valence electrons. The molecule has 2 bridgehead atoms.